The fourth-order valence-electron chi connectivity index (χ4n) is 5.69. The van der Waals surface area contributed by atoms with Crippen LogP contribution in [0.25, 0.3) is 0 Å². The van der Waals surface area contributed by atoms with Gasteiger partial charge in [0.2, 0.25) is 0 Å². The molecular formula is C22H24O5. The molecule has 1 aromatic carbocycles. The number of ketones is 2. The summed E-state index contributed by atoms with van der Waals surface area (Å²) in [6, 6.07) is 4.01. The molecule has 0 radical (unpaired) electrons. The molecule has 1 aromatic rings. The first kappa shape index (κ1) is 18.1. The van der Waals surface area contributed by atoms with E-state index in [0.29, 0.717) is 5.57 Å². The third kappa shape index (κ3) is 2.12. The van der Waals surface area contributed by atoms with Gasteiger partial charge in [0, 0.05) is 0 Å². The molecule has 2 aliphatic heterocycles. The second kappa shape index (κ2) is 5.38. The summed E-state index contributed by atoms with van der Waals surface area (Å²) in [6.07, 6.45) is 1.68. The van der Waals surface area contributed by atoms with Crippen LogP contribution < -0.4 is 0 Å². The molecule has 1 unspecified atom stereocenters. The van der Waals surface area contributed by atoms with Crippen LogP contribution in [-0.4, -0.2) is 35.8 Å². The fourth-order valence-corrected chi connectivity index (χ4v) is 5.69. The molecule has 1 aliphatic carbocycles. The Morgan fingerprint density at radius 1 is 1.04 bits per heavy atom. The zero-order valence-electron chi connectivity index (χ0n) is 16.5. The number of ether oxygens (including phenoxy) is 2. The van der Waals surface area contributed by atoms with Crippen molar-refractivity contribution in [3.8, 4) is 0 Å². The fraction of sp³-hybridized carbons (Fsp3) is 0.500. The van der Waals surface area contributed by atoms with E-state index in [1.54, 1.807) is 19.9 Å². The van der Waals surface area contributed by atoms with E-state index in [9.17, 15) is 14.4 Å². The van der Waals surface area contributed by atoms with Crippen LogP contribution >= 0.6 is 0 Å². The minimum absolute atomic E-state index is 0.105. The van der Waals surface area contributed by atoms with Gasteiger partial charge in [-0.2, -0.15) is 0 Å². The smallest absolute Gasteiger partial charge is 0.336 e. The normalized spacial score (nSPS) is 36.8. The predicted octanol–water partition coefficient (Wildman–Crippen LogP) is 2.74. The van der Waals surface area contributed by atoms with E-state index in [0.717, 1.165) is 22.3 Å². The van der Waals surface area contributed by atoms with Gasteiger partial charge in [-0.1, -0.05) is 17.7 Å². The maximum atomic E-state index is 13.5. The first-order valence-electron chi connectivity index (χ1n) is 9.22. The van der Waals surface area contributed by atoms with E-state index in [1.165, 1.54) is 7.11 Å². The van der Waals surface area contributed by atoms with Crippen LogP contribution in [0.3, 0.4) is 0 Å². The van der Waals surface area contributed by atoms with Crippen molar-refractivity contribution in [2.24, 2.45) is 11.8 Å². The number of carbonyl (C=O) groups excluding carboxylic acids is 3. The Morgan fingerprint density at radius 2 is 1.59 bits per heavy atom. The van der Waals surface area contributed by atoms with Crippen molar-refractivity contribution in [3.05, 3.63) is 46.0 Å². The van der Waals surface area contributed by atoms with Crippen LogP contribution in [0.2, 0.25) is 0 Å². The van der Waals surface area contributed by atoms with Gasteiger partial charge in [0.1, 0.15) is 11.5 Å². The number of carbonyl (C=O) groups is 3. The molecule has 0 N–H and O–H groups in total. The number of esters is 1. The highest BCUT2D eigenvalue weighted by atomic mass is 16.6. The van der Waals surface area contributed by atoms with Gasteiger partial charge in [0.15, 0.2) is 11.6 Å². The number of methoxy groups -OCH3 is 1. The molecule has 2 bridgehead atoms. The Kier molecular flexibility index (Phi) is 3.61. The Balaban J connectivity index is 1.85. The summed E-state index contributed by atoms with van der Waals surface area (Å²) in [5, 5.41) is 0. The number of benzene rings is 1. The second-order valence-corrected chi connectivity index (χ2v) is 8.45. The van der Waals surface area contributed by atoms with Gasteiger partial charge in [-0.05, 0) is 57.4 Å². The van der Waals surface area contributed by atoms with Crippen molar-refractivity contribution >= 4 is 17.5 Å². The maximum Gasteiger partial charge on any atom is 0.336 e. The number of rotatable bonds is 2. The van der Waals surface area contributed by atoms with E-state index in [-0.39, 0.29) is 11.6 Å². The molecule has 0 aromatic heterocycles. The molecule has 142 valence electrons. The first-order chi connectivity index (χ1) is 12.5. The van der Waals surface area contributed by atoms with Crippen molar-refractivity contribution < 1.29 is 23.9 Å². The van der Waals surface area contributed by atoms with Crippen LogP contribution in [-0.2, 0) is 23.9 Å². The number of fused-ring (bicyclic) bond motifs is 5. The van der Waals surface area contributed by atoms with Crippen molar-refractivity contribution in [3.63, 3.8) is 0 Å². The molecule has 0 amide bonds. The summed E-state index contributed by atoms with van der Waals surface area (Å²) >= 11 is 0. The average Bonchev–Trinajstić information content (AvgIpc) is 3.09. The number of Topliss-reactive ketones (excluding diaryl/α,β-unsaturated/α-hetero) is 2. The quantitative estimate of drug-likeness (QED) is 0.593. The lowest BCUT2D eigenvalue weighted by Gasteiger charge is -2.29. The summed E-state index contributed by atoms with van der Waals surface area (Å²) in [7, 11) is 1.31. The molecule has 2 heterocycles. The molecule has 27 heavy (non-hydrogen) atoms. The lowest BCUT2D eigenvalue weighted by atomic mass is 9.69. The largest absolute Gasteiger partial charge is 0.466 e. The van der Waals surface area contributed by atoms with Crippen LogP contribution in [0.15, 0.2) is 23.8 Å². The zero-order valence-corrected chi connectivity index (χ0v) is 16.5. The third-order valence-electron chi connectivity index (χ3n) is 6.56. The van der Waals surface area contributed by atoms with Crippen LogP contribution in [0.4, 0.5) is 0 Å². The van der Waals surface area contributed by atoms with Crippen LogP contribution in [0.1, 0.15) is 42.0 Å². The Morgan fingerprint density at radius 3 is 2.15 bits per heavy atom. The Labute approximate surface area is 158 Å². The molecule has 5 nitrogen and oxygen atoms in total. The molecule has 4 rings (SSSR count). The Bertz CT molecular complexity index is 919. The summed E-state index contributed by atoms with van der Waals surface area (Å²) < 4.78 is 11.0. The molecule has 5 atom stereocenters. The zero-order chi connectivity index (χ0) is 19.9. The van der Waals surface area contributed by atoms with Gasteiger partial charge >= 0.3 is 5.97 Å². The number of aryl methyl sites for hydroxylation is 3. The minimum atomic E-state index is -1.12. The van der Waals surface area contributed by atoms with Crippen molar-refractivity contribution in [1.82, 2.24) is 0 Å². The summed E-state index contributed by atoms with van der Waals surface area (Å²) in [5.41, 5.74) is 2.05. The lowest BCUT2D eigenvalue weighted by Crippen LogP contribution is -2.42. The van der Waals surface area contributed by atoms with Gasteiger partial charge in [-0.3, -0.25) is 9.59 Å². The number of hydrogen-bond donors (Lipinski definition) is 0. The van der Waals surface area contributed by atoms with Crippen molar-refractivity contribution in [2.45, 2.75) is 51.7 Å². The molecule has 5 heteroatoms. The highest BCUT2D eigenvalue weighted by Crippen LogP contribution is 2.62. The topological polar surface area (TPSA) is 69.7 Å². The SMILES string of the molecule is COC(=O)C1=C[C@]2(C)O[C@@]1(C)[C@H]1C(=O)C(c3c(C)cc(C)cc3C)C(=O)[C@H]12. The van der Waals surface area contributed by atoms with E-state index < -0.39 is 34.9 Å². The molecule has 0 spiro atoms. The molecule has 1 saturated heterocycles. The average molecular weight is 368 g/mol. The predicted molar refractivity (Wildman–Crippen MR) is 98.4 cm³/mol. The summed E-state index contributed by atoms with van der Waals surface area (Å²) in [5.74, 6) is -2.81. The van der Waals surface area contributed by atoms with Gasteiger partial charge in [-0.15, -0.1) is 0 Å². The summed E-state index contributed by atoms with van der Waals surface area (Å²) in [6.45, 7) is 9.40. The molecule has 3 aliphatic rings. The maximum absolute atomic E-state index is 13.5. The Hall–Kier alpha value is -2.27. The molecule has 1 saturated carbocycles. The third-order valence-corrected chi connectivity index (χ3v) is 6.56. The van der Waals surface area contributed by atoms with E-state index in [1.807, 2.05) is 32.9 Å². The first-order valence-corrected chi connectivity index (χ1v) is 9.22. The number of hydrogen-bond acceptors (Lipinski definition) is 5. The summed E-state index contributed by atoms with van der Waals surface area (Å²) in [4.78, 5) is 39.2. The van der Waals surface area contributed by atoms with Crippen molar-refractivity contribution in [2.75, 3.05) is 7.11 Å². The monoisotopic (exact) mass is 368 g/mol. The molecule has 2 fully saturated rings. The van der Waals surface area contributed by atoms with Crippen LogP contribution in [0, 0.1) is 32.6 Å². The highest BCUT2D eigenvalue weighted by molar-refractivity contribution is 6.19. The highest BCUT2D eigenvalue weighted by Gasteiger charge is 2.74. The lowest BCUT2D eigenvalue weighted by molar-refractivity contribution is -0.140. The van der Waals surface area contributed by atoms with Gasteiger partial charge < -0.3 is 9.47 Å². The van der Waals surface area contributed by atoms with Crippen molar-refractivity contribution in [1.29, 1.82) is 0 Å². The van der Waals surface area contributed by atoms with E-state index in [2.05, 4.69) is 0 Å². The van der Waals surface area contributed by atoms with E-state index >= 15 is 0 Å². The van der Waals surface area contributed by atoms with Crippen LogP contribution in [0.5, 0.6) is 0 Å². The minimum Gasteiger partial charge on any atom is -0.466 e. The standard InChI is InChI=1S/C22H24O5/c1-10-7-11(2)14(12(3)8-10)15-18(23)16-17(19(15)24)22(5)13(20(25)26-6)9-21(16,4)27-22/h7-9,15-17H,1-6H3/t15?,16-,17+,21-,22+/m0/s1. The second-order valence-electron chi connectivity index (χ2n) is 8.45. The van der Waals surface area contributed by atoms with Gasteiger partial charge in [0.25, 0.3) is 0 Å². The van der Waals surface area contributed by atoms with Gasteiger partial charge in [0.05, 0.1) is 30.1 Å². The molecular weight excluding hydrogens is 344 g/mol. The van der Waals surface area contributed by atoms with E-state index in [4.69, 9.17) is 9.47 Å². The van der Waals surface area contributed by atoms with Gasteiger partial charge in [-0.25, -0.2) is 4.79 Å².